The number of hydrogen-bond acceptors (Lipinski definition) is 15. The van der Waals surface area contributed by atoms with Crippen molar-refractivity contribution >= 4 is 11.9 Å². The number of aliphatic hydroxyl groups is 7. The summed E-state index contributed by atoms with van der Waals surface area (Å²) in [5.41, 5.74) is 0. The molecule has 0 bridgehead atoms. The summed E-state index contributed by atoms with van der Waals surface area (Å²) in [7, 11) is 0. The number of carbonyl (C=O) groups is 2. The van der Waals surface area contributed by atoms with Crippen molar-refractivity contribution in [2.75, 3.05) is 26.4 Å². The Bertz CT molecular complexity index is 1470. The monoisotopic (exact) mass is 1050 g/mol. The van der Waals surface area contributed by atoms with Crippen LogP contribution < -0.4 is 0 Å². The molecule has 0 aromatic heterocycles. The van der Waals surface area contributed by atoms with E-state index in [1.807, 2.05) is 0 Å². The van der Waals surface area contributed by atoms with Crippen molar-refractivity contribution in [2.45, 2.75) is 287 Å². The summed E-state index contributed by atoms with van der Waals surface area (Å²) in [4.78, 5) is 25.9. The van der Waals surface area contributed by atoms with Gasteiger partial charge < -0.3 is 64.2 Å². The molecule has 0 aliphatic carbocycles. The van der Waals surface area contributed by atoms with Gasteiger partial charge in [-0.15, -0.1) is 0 Å². The smallest absolute Gasteiger partial charge is 0.306 e. The first-order chi connectivity index (χ1) is 36.0. The quantitative estimate of drug-likeness (QED) is 0.0171. The highest BCUT2D eigenvalue weighted by atomic mass is 16.7. The molecule has 7 N–H and O–H groups in total. The van der Waals surface area contributed by atoms with E-state index >= 15 is 0 Å². The summed E-state index contributed by atoms with van der Waals surface area (Å²) in [5, 5.41) is 72.3. The largest absolute Gasteiger partial charge is 0.462 e. The van der Waals surface area contributed by atoms with Crippen LogP contribution in [-0.4, -0.2) is 142 Å². The molecule has 0 spiro atoms. The first kappa shape index (κ1) is 67.6. The molecule has 2 rings (SSSR count). The van der Waals surface area contributed by atoms with Crippen molar-refractivity contribution in [1.29, 1.82) is 0 Å². The fourth-order valence-corrected chi connectivity index (χ4v) is 9.09. The Labute approximate surface area is 446 Å². The molecule has 0 radical (unpaired) electrons. The average Bonchev–Trinajstić information content (AvgIpc) is 3.39. The molecule has 430 valence electrons. The van der Waals surface area contributed by atoms with E-state index in [-0.39, 0.29) is 19.4 Å². The highest BCUT2D eigenvalue weighted by molar-refractivity contribution is 5.70. The van der Waals surface area contributed by atoms with E-state index in [1.165, 1.54) is 109 Å². The van der Waals surface area contributed by atoms with Crippen LogP contribution in [0.4, 0.5) is 0 Å². The lowest BCUT2D eigenvalue weighted by molar-refractivity contribution is -0.332. The van der Waals surface area contributed by atoms with Crippen LogP contribution >= 0.6 is 0 Å². The molecule has 0 amide bonds. The third-order valence-corrected chi connectivity index (χ3v) is 13.8. The Balaban J connectivity index is 1.75. The molecule has 2 aliphatic rings. The maximum Gasteiger partial charge on any atom is 0.306 e. The van der Waals surface area contributed by atoms with Crippen LogP contribution in [-0.2, 0) is 38.0 Å². The third kappa shape index (κ3) is 32.3. The molecule has 15 heteroatoms. The van der Waals surface area contributed by atoms with Crippen molar-refractivity contribution in [3.05, 3.63) is 48.6 Å². The van der Waals surface area contributed by atoms with Crippen LogP contribution in [0.5, 0.6) is 0 Å². The lowest BCUT2D eigenvalue weighted by Crippen LogP contribution is -2.61. The predicted molar refractivity (Wildman–Crippen MR) is 289 cm³/mol. The van der Waals surface area contributed by atoms with Gasteiger partial charge in [-0.3, -0.25) is 9.59 Å². The van der Waals surface area contributed by atoms with Crippen molar-refractivity contribution in [3.8, 4) is 0 Å². The lowest BCUT2D eigenvalue weighted by atomic mass is 9.98. The Morgan fingerprint density at radius 1 is 0.446 bits per heavy atom. The van der Waals surface area contributed by atoms with Gasteiger partial charge in [0, 0.05) is 12.8 Å². The van der Waals surface area contributed by atoms with Crippen LogP contribution in [0, 0.1) is 0 Å². The maximum absolute atomic E-state index is 13.0. The molecule has 74 heavy (non-hydrogen) atoms. The summed E-state index contributed by atoms with van der Waals surface area (Å²) in [5.74, 6) is -0.945. The minimum atomic E-state index is -1.77. The second kappa shape index (κ2) is 45.5. The van der Waals surface area contributed by atoms with Gasteiger partial charge in [-0.25, -0.2) is 0 Å². The average molecular weight is 1050 g/mol. The minimum absolute atomic E-state index is 0.138. The maximum atomic E-state index is 13.0. The number of esters is 2. The van der Waals surface area contributed by atoms with Crippen LogP contribution in [0.15, 0.2) is 48.6 Å². The molecule has 0 aromatic rings. The van der Waals surface area contributed by atoms with E-state index in [2.05, 4.69) is 62.5 Å². The molecule has 2 heterocycles. The molecular weight excluding hydrogens is 949 g/mol. The summed E-state index contributed by atoms with van der Waals surface area (Å²) in [6, 6.07) is 0. The van der Waals surface area contributed by atoms with Gasteiger partial charge in [0.2, 0.25) is 0 Å². The van der Waals surface area contributed by atoms with Gasteiger partial charge in [-0.1, -0.05) is 204 Å². The van der Waals surface area contributed by atoms with Gasteiger partial charge in [-0.2, -0.15) is 0 Å². The molecule has 0 aromatic carbocycles. The topological polar surface area (TPSA) is 231 Å². The molecule has 2 fully saturated rings. The molecule has 0 saturated carbocycles. The molecule has 15 nitrogen and oxygen atoms in total. The third-order valence-electron chi connectivity index (χ3n) is 13.8. The second-order valence-corrected chi connectivity index (χ2v) is 20.4. The van der Waals surface area contributed by atoms with Gasteiger partial charge in [0.25, 0.3) is 0 Å². The predicted octanol–water partition coefficient (Wildman–Crippen LogP) is 9.83. The second-order valence-electron chi connectivity index (χ2n) is 20.4. The van der Waals surface area contributed by atoms with Crippen molar-refractivity contribution in [2.24, 2.45) is 0 Å². The van der Waals surface area contributed by atoms with Crippen molar-refractivity contribution in [1.82, 2.24) is 0 Å². The molecule has 11 atom stereocenters. The van der Waals surface area contributed by atoms with Crippen LogP contribution in [0.2, 0.25) is 0 Å². The zero-order chi connectivity index (χ0) is 53.9. The number of rotatable bonds is 46. The van der Waals surface area contributed by atoms with E-state index in [1.54, 1.807) is 0 Å². The number of allylic oxidation sites excluding steroid dienone is 8. The van der Waals surface area contributed by atoms with Gasteiger partial charge in [0.05, 0.1) is 19.8 Å². The molecule has 2 saturated heterocycles. The lowest BCUT2D eigenvalue weighted by Gasteiger charge is -2.42. The van der Waals surface area contributed by atoms with Crippen LogP contribution in [0.25, 0.3) is 0 Å². The summed E-state index contributed by atoms with van der Waals surface area (Å²) in [6.07, 6.45) is 35.6. The molecule has 11 unspecified atom stereocenters. The number of carbonyl (C=O) groups excluding carboxylic acids is 2. The van der Waals surface area contributed by atoms with Crippen LogP contribution in [0.1, 0.15) is 219 Å². The first-order valence-corrected chi connectivity index (χ1v) is 29.2. The summed E-state index contributed by atoms with van der Waals surface area (Å²) >= 11 is 0. The normalized spacial score (nSPS) is 25.0. The van der Waals surface area contributed by atoms with Gasteiger partial charge in [0.1, 0.15) is 55.4 Å². The first-order valence-electron chi connectivity index (χ1n) is 29.2. The molecular formula is C59H104O15. The summed E-state index contributed by atoms with van der Waals surface area (Å²) < 4.78 is 33.7. The van der Waals surface area contributed by atoms with E-state index in [0.717, 1.165) is 70.6 Å². The van der Waals surface area contributed by atoms with Gasteiger partial charge in [-0.05, 0) is 51.4 Å². The Morgan fingerprint density at radius 3 is 1.34 bits per heavy atom. The SMILES string of the molecule is CC/C=C\C/C=C\C/C=C\C/C=C\CCCCCCC(=O)OC(COC(=O)CCCCCCCCCCCCCCCCCCCCCCC)COC1OC(COC2OC(CO)C(O)C(O)C2O)C(O)C(O)C1O. The van der Waals surface area contributed by atoms with Crippen molar-refractivity contribution < 1.29 is 73.8 Å². The van der Waals surface area contributed by atoms with E-state index in [0.29, 0.717) is 12.8 Å². The van der Waals surface area contributed by atoms with E-state index < -0.39 is 99.3 Å². The van der Waals surface area contributed by atoms with Crippen LogP contribution in [0.3, 0.4) is 0 Å². The molecule has 2 aliphatic heterocycles. The fourth-order valence-electron chi connectivity index (χ4n) is 9.09. The number of aliphatic hydroxyl groups excluding tert-OH is 7. The van der Waals surface area contributed by atoms with Gasteiger partial charge in [0.15, 0.2) is 18.7 Å². The number of unbranched alkanes of at least 4 members (excludes halogenated alkanes) is 24. The van der Waals surface area contributed by atoms with Gasteiger partial charge >= 0.3 is 11.9 Å². The Morgan fingerprint density at radius 2 is 0.851 bits per heavy atom. The zero-order valence-corrected chi connectivity index (χ0v) is 45.8. The highest BCUT2D eigenvalue weighted by Gasteiger charge is 2.47. The Hall–Kier alpha value is -2.54. The minimum Gasteiger partial charge on any atom is -0.462 e. The van der Waals surface area contributed by atoms with Crippen molar-refractivity contribution in [3.63, 3.8) is 0 Å². The van der Waals surface area contributed by atoms with E-state index in [4.69, 9.17) is 28.4 Å². The highest BCUT2D eigenvalue weighted by Crippen LogP contribution is 2.27. The number of ether oxygens (including phenoxy) is 6. The zero-order valence-electron chi connectivity index (χ0n) is 45.8. The Kier molecular flexibility index (Phi) is 41.5. The fraction of sp³-hybridized carbons (Fsp3) is 0.831. The summed E-state index contributed by atoms with van der Waals surface area (Å²) in [6.45, 7) is 2.48. The standard InChI is InChI=1S/C59H104O15/c1-3-5-7-9-11-13-15-17-19-21-22-23-24-26-27-29-31-33-35-37-39-41-50(61)69-44-47(72-51(62)42-40-38-36-34-32-30-28-25-20-18-16-14-12-10-8-6-4-2)45-70-58-57(68)55(66)53(64)49(74-58)46-71-59-56(67)54(65)52(63)48(43-60)73-59/h6,8,12,14,18,20,28,30,47-49,52-60,63-68H,3-5,7,9-11,13,15-17,19,21-27,29,31-46H2,1-2H3/b8-6-,14-12-,20-18-,30-28-. The van der Waals surface area contributed by atoms with E-state index in [9.17, 15) is 45.3 Å². The number of hydrogen-bond donors (Lipinski definition) is 7.